The lowest BCUT2D eigenvalue weighted by atomic mass is 10.1. The van der Waals surface area contributed by atoms with Crippen LogP contribution in [0.5, 0.6) is 0 Å². The van der Waals surface area contributed by atoms with Crippen molar-refractivity contribution in [2.75, 3.05) is 0 Å². The number of H-pyrrole nitrogens is 1. The summed E-state index contributed by atoms with van der Waals surface area (Å²) in [5.74, 6) is 0.823. The summed E-state index contributed by atoms with van der Waals surface area (Å²) in [7, 11) is 0. The molecule has 194 valence electrons. The molecule has 0 fully saturated rings. The molecule has 5 rings (SSSR count). The highest BCUT2D eigenvalue weighted by Crippen LogP contribution is 2.27. The van der Waals surface area contributed by atoms with Crippen molar-refractivity contribution in [3.8, 4) is 0 Å². The van der Waals surface area contributed by atoms with Crippen LogP contribution in [0, 0.1) is 13.8 Å². The predicted molar refractivity (Wildman–Crippen MR) is 151 cm³/mol. The lowest BCUT2D eigenvalue weighted by Gasteiger charge is -2.30. The zero-order valence-corrected chi connectivity index (χ0v) is 22.3. The van der Waals surface area contributed by atoms with E-state index in [4.69, 9.17) is 0 Å². The molecular weight excluding hydrogens is 472 g/mol. The molecule has 2 aromatic heterocycles. The molecular formula is C31H34N6O. The van der Waals surface area contributed by atoms with Gasteiger partial charge in [0.2, 0.25) is 0 Å². The molecule has 5 aromatic rings. The van der Waals surface area contributed by atoms with Crippen LogP contribution in [-0.2, 0) is 26.1 Å². The number of hydrogen-bond donors (Lipinski definition) is 1. The third kappa shape index (κ3) is 5.73. The van der Waals surface area contributed by atoms with E-state index >= 15 is 0 Å². The van der Waals surface area contributed by atoms with E-state index in [1.165, 1.54) is 16.7 Å². The summed E-state index contributed by atoms with van der Waals surface area (Å²) in [4.78, 5) is 18.7. The minimum absolute atomic E-state index is 0.0563. The molecule has 2 heterocycles. The summed E-state index contributed by atoms with van der Waals surface area (Å²) < 4.78 is 1.91. The molecule has 0 bridgehead atoms. The fourth-order valence-corrected chi connectivity index (χ4v) is 5.06. The van der Waals surface area contributed by atoms with E-state index in [1.54, 1.807) is 0 Å². The van der Waals surface area contributed by atoms with Crippen molar-refractivity contribution in [3.63, 3.8) is 0 Å². The van der Waals surface area contributed by atoms with Crippen molar-refractivity contribution in [1.29, 1.82) is 0 Å². The predicted octanol–water partition coefficient (Wildman–Crippen LogP) is 5.53. The van der Waals surface area contributed by atoms with E-state index in [0.29, 0.717) is 19.6 Å². The normalized spacial score (nSPS) is 12.3. The van der Waals surface area contributed by atoms with Crippen molar-refractivity contribution in [2.45, 2.75) is 59.3 Å². The second-order valence-electron chi connectivity index (χ2n) is 9.97. The summed E-state index contributed by atoms with van der Waals surface area (Å²) >= 11 is 0. The third-order valence-corrected chi connectivity index (χ3v) is 7.18. The number of para-hydroxylation sites is 1. The standard InChI is InChI=1S/C31H34N6O/c1-4-28(30-33-34-35-37(30)18-17-24-10-6-5-7-11-24)36(20-25-15-13-22(2)14-16-25)21-27-19-26-12-8-9-23(3)29(26)32-31(27)38/h5-16,19,28H,4,17-18,20-21H2,1-3H3,(H,32,38). The first-order valence-corrected chi connectivity index (χ1v) is 13.2. The van der Waals surface area contributed by atoms with Crippen molar-refractivity contribution in [1.82, 2.24) is 30.1 Å². The van der Waals surface area contributed by atoms with Crippen LogP contribution in [0.4, 0.5) is 0 Å². The number of aromatic amines is 1. The molecule has 0 spiro atoms. The number of nitrogens with one attached hydrogen (secondary N) is 1. The van der Waals surface area contributed by atoms with Gasteiger partial charge in [0.1, 0.15) is 0 Å². The molecule has 0 saturated carbocycles. The van der Waals surface area contributed by atoms with Gasteiger partial charge >= 0.3 is 0 Å². The first-order chi connectivity index (χ1) is 18.5. The first kappa shape index (κ1) is 25.5. The van der Waals surface area contributed by atoms with Gasteiger partial charge in [-0.05, 0) is 65.3 Å². The Kier molecular flexibility index (Phi) is 7.75. The van der Waals surface area contributed by atoms with E-state index in [9.17, 15) is 4.79 Å². The SMILES string of the molecule is CCC(c1nnnn1CCc1ccccc1)N(Cc1ccc(C)cc1)Cc1cc2cccc(C)c2[nH]c1=O. The van der Waals surface area contributed by atoms with Gasteiger partial charge < -0.3 is 4.98 Å². The number of pyridine rings is 1. The maximum absolute atomic E-state index is 13.2. The number of aryl methyl sites for hydroxylation is 4. The van der Waals surface area contributed by atoms with Crippen LogP contribution in [0.2, 0.25) is 0 Å². The van der Waals surface area contributed by atoms with Crippen molar-refractivity contribution < 1.29 is 0 Å². The van der Waals surface area contributed by atoms with E-state index in [1.807, 2.05) is 41.9 Å². The molecule has 1 unspecified atom stereocenters. The summed E-state index contributed by atoms with van der Waals surface area (Å²) in [6.45, 7) is 8.11. The first-order valence-electron chi connectivity index (χ1n) is 13.2. The molecule has 7 nitrogen and oxygen atoms in total. The molecule has 1 atom stereocenters. The molecule has 3 aromatic carbocycles. The fraction of sp³-hybridized carbons (Fsp3) is 0.290. The van der Waals surface area contributed by atoms with Gasteiger partial charge in [-0.1, -0.05) is 85.3 Å². The highest BCUT2D eigenvalue weighted by atomic mass is 16.1. The van der Waals surface area contributed by atoms with Gasteiger partial charge in [0, 0.05) is 25.2 Å². The van der Waals surface area contributed by atoms with Gasteiger partial charge in [-0.25, -0.2) is 4.68 Å². The van der Waals surface area contributed by atoms with Gasteiger partial charge in [-0.2, -0.15) is 0 Å². The Labute approximate surface area is 223 Å². The van der Waals surface area contributed by atoms with E-state index in [2.05, 4.69) is 87.8 Å². The topological polar surface area (TPSA) is 79.7 Å². The van der Waals surface area contributed by atoms with Crippen molar-refractivity contribution in [2.24, 2.45) is 0 Å². The molecule has 38 heavy (non-hydrogen) atoms. The van der Waals surface area contributed by atoms with Gasteiger partial charge in [0.05, 0.1) is 11.6 Å². The van der Waals surface area contributed by atoms with Crippen LogP contribution in [0.25, 0.3) is 10.9 Å². The smallest absolute Gasteiger partial charge is 0.252 e. The zero-order valence-electron chi connectivity index (χ0n) is 22.3. The quantitative estimate of drug-likeness (QED) is 0.270. The zero-order chi connectivity index (χ0) is 26.5. The summed E-state index contributed by atoms with van der Waals surface area (Å²) in [5, 5.41) is 13.9. The largest absolute Gasteiger partial charge is 0.321 e. The second kappa shape index (κ2) is 11.5. The molecule has 0 amide bonds. The van der Waals surface area contributed by atoms with Gasteiger partial charge in [-0.3, -0.25) is 9.69 Å². The third-order valence-electron chi connectivity index (χ3n) is 7.18. The van der Waals surface area contributed by atoms with Crippen LogP contribution in [-0.4, -0.2) is 30.1 Å². The number of tetrazole rings is 1. The highest BCUT2D eigenvalue weighted by molar-refractivity contribution is 5.81. The number of hydrogen-bond acceptors (Lipinski definition) is 5. The molecule has 0 aliphatic rings. The van der Waals surface area contributed by atoms with Crippen molar-refractivity contribution in [3.05, 3.63) is 123 Å². The maximum atomic E-state index is 13.2. The molecule has 1 N–H and O–H groups in total. The molecule has 7 heteroatoms. The van der Waals surface area contributed by atoms with Gasteiger partial charge in [-0.15, -0.1) is 5.10 Å². The van der Waals surface area contributed by atoms with Crippen LogP contribution in [0.1, 0.15) is 53.0 Å². The highest BCUT2D eigenvalue weighted by Gasteiger charge is 2.26. The number of aromatic nitrogens is 5. The minimum Gasteiger partial charge on any atom is -0.321 e. The number of fused-ring (bicyclic) bond motifs is 1. The minimum atomic E-state index is -0.0605. The Balaban J connectivity index is 1.48. The Bertz CT molecular complexity index is 1560. The van der Waals surface area contributed by atoms with Crippen LogP contribution in [0.15, 0.2) is 83.7 Å². The Hall–Kier alpha value is -4.10. The van der Waals surface area contributed by atoms with E-state index in [0.717, 1.165) is 40.7 Å². The summed E-state index contributed by atoms with van der Waals surface area (Å²) in [6, 6.07) is 27.0. The molecule has 0 aliphatic heterocycles. The van der Waals surface area contributed by atoms with Gasteiger partial charge in [0.25, 0.3) is 5.56 Å². The number of benzene rings is 3. The van der Waals surface area contributed by atoms with E-state index < -0.39 is 0 Å². The van der Waals surface area contributed by atoms with Crippen LogP contribution in [0.3, 0.4) is 0 Å². The van der Waals surface area contributed by atoms with Gasteiger partial charge in [0.15, 0.2) is 5.82 Å². The van der Waals surface area contributed by atoms with Crippen molar-refractivity contribution >= 4 is 10.9 Å². The number of nitrogens with zero attached hydrogens (tertiary/aromatic N) is 5. The fourth-order valence-electron chi connectivity index (χ4n) is 5.06. The monoisotopic (exact) mass is 506 g/mol. The lowest BCUT2D eigenvalue weighted by molar-refractivity contribution is 0.160. The number of rotatable bonds is 10. The maximum Gasteiger partial charge on any atom is 0.252 e. The van der Waals surface area contributed by atoms with Crippen LogP contribution < -0.4 is 5.56 Å². The second-order valence-corrected chi connectivity index (χ2v) is 9.97. The molecule has 0 saturated heterocycles. The molecule has 0 aliphatic carbocycles. The molecule has 0 radical (unpaired) electrons. The average Bonchev–Trinajstić information content (AvgIpc) is 3.39. The van der Waals surface area contributed by atoms with Crippen LogP contribution >= 0.6 is 0 Å². The van der Waals surface area contributed by atoms with E-state index in [-0.39, 0.29) is 11.6 Å². The summed E-state index contributed by atoms with van der Waals surface area (Å²) in [5.41, 5.74) is 6.28. The average molecular weight is 507 g/mol. The summed E-state index contributed by atoms with van der Waals surface area (Å²) in [6.07, 6.45) is 1.65. The Morgan fingerprint density at radius 1 is 0.921 bits per heavy atom. The Morgan fingerprint density at radius 3 is 2.47 bits per heavy atom. The Morgan fingerprint density at radius 2 is 1.71 bits per heavy atom. The lowest BCUT2D eigenvalue weighted by Crippen LogP contribution is -2.32.